The summed E-state index contributed by atoms with van der Waals surface area (Å²) in [6.07, 6.45) is 3.93. The van der Waals surface area contributed by atoms with E-state index in [4.69, 9.17) is 0 Å². The van der Waals surface area contributed by atoms with Gasteiger partial charge in [-0.05, 0) is 48.8 Å². The minimum atomic E-state index is -0.141. The molecule has 3 rings (SSSR count). The molecule has 3 unspecified atom stereocenters. The highest BCUT2D eigenvalue weighted by Crippen LogP contribution is 2.43. The largest absolute Gasteiger partial charge is 0.307 e. The molecule has 1 N–H and O–H groups in total. The molecule has 0 radical (unpaired) electrons. The summed E-state index contributed by atoms with van der Waals surface area (Å²) in [7, 11) is 0. The van der Waals surface area contributed by atoms with Gasteiger partial charge >= 0.3 is 0 Å². The Kier molecular flexibility index (Phi) is 2.47. The lowest BCUT2D eigenvalue weighted by Crippen LogP contribution is -2.26. The van der Waals surface area contributed by atoms with Gasteiger partial charge in [-0.15, -0.1) is 0 Å². The van der Waals surface area contributed by atoms with E-state index in [9.17, 15) is 4.39 Å². The third kappa shape index (κ3) is 2.12. The van der Waals surface area contributed by atoms with Crippen LogP contribution in [0.3, 0.4) is 0 Å². The second-order valence-corrected chi connectivity index (χ2v) is 5.35. The van der Waals surface area contributed by atoms with Crippen LogP contribution in [-0.2, 0) is 0 Å². The molecule has 86 valence electrons. The number of halogens is 1. The Morgan fingerprint density at radius 1 is 1.25 bits per heavy atom. The minimum absolute atomic E-state index is 0.141. The average Bonchev–Trinajstić information content (AvgIpc) is 3.14. The van der Waals surface area contributed by atoms with Crippen molar-refractivity contribution >= 4 is 0 Å². The first-order valence-electron chi connectivity index (χ1n) is 6.25. The Bertz CT molecular complexity index is 369. The van der Waals surface area contributed by atoms with E-state index in [-0.39, 0.29) is 5.82 Å². The molecule has 0 bridgehead atoms. The molecule has 2 aliphatic rings. The lowest BCUT2D eigenvalue weighted by Gasteiger charge is -2.18. The third-order valence-electron chi connectivity index (χ3n) is 3.83. The number of hydrogen-bond donors (Lipinski definition) is 1. The van der Waals surface area contributed by atoms with E-state index >= 15 is 0 Å². The van der Waals surface area contributed by atoms with Crippen LogP contribution < -0.4 is 5.32 Å². The molecule has 0 spiro atoms. The molecule has 16 heavy (non-hydrogen) atoms. The van der Waals surface area contributed by atoms with Gasteiger partial charge in [0, 0.05) is 12.1 Å². The first-order chi connectivity index (χ1) is 7.74. The Labute approximate surface area is 96.1 Å². The summed E-state index contributed by atoms with van der Waals surface area (Å²) in [4.78, 5) is 0. The SMILES string of the molecule is CC1CC1NC(c1ccc(F)cc1)C1CC1. The van der Waals surface area contributed by atoms with Crippen molar-refractivity contribution in [3.05, 3.63) is 35.6 Å². The summed E-state index contributed by atoms with van der Waals surface area (Å²) in [5.74, 6) is 1.46. The van der Waals surface area contributed by atoms with Crippen LogP contribution in [0.5, 0.6) is 0 Å². The molecule has 0 heterocycles. The van der Waals surface area contributed by atoms with Crippen LogP contribution in [0.25, 0.3) is 0 Å². The van der Waals surface area contributed by atoms with Gasteiger partial charge in [-0.2, -0.15) is 0 Å². The van der Waals surface area contributed by atoms with Crippen molar-refractivity contribution in [2.45, 2.75) is 38.3 Å². The maximum Gasteiger partial charge on any atom is 0.123 e. The van der Waals surface area contributed by atoms with E-state index in [1.807, 2.05) is 12.1 Å². The van der Waals surface area contributed by atoms with E-state index in [1.165, 1.54) is 24.8 Å². The van der Waals surface area contributed by atoms with Crippen molar-refractivity contribution in [3.63, 3.8) is 0 Å². The highest BCUT2D eigenvalue weighted by atomic mass is 19.1. The Balaban J connectivity index is 1.74. The van der Waals surface area contributed by atoms with E-state index in [0.717, 1.165) is 11.8 Å². The van der Waals surface area contributed by atoms with Crippen molar-refractivity contribution in [3.8, 4) is 0 Å². The fourth-order valence-corrected chi connectivity index (χ4v) is 2.39. The molecule has 0 amide bonds. The number of rotatable bonds is 4. The normalized spacial score (nSPS) is 30.1. The molecule has 2 heteroatoms. The van der Waals surface area contributed by atoms with Gasteiger partial charge in [0.25, 0.3) is 0 Å². The van der Waals surface area contributed by atoms with Crippen LogP contribution in [0, 0.1) is 17.7 Å². The van der Waals surface area contributed by atoms with Gasteiger partial charge in [-0.3, -0.25) is 0 Å². The molecule has 2 aliphatic carbocycles. The maximum absolute atomic E-state index is 12.9. The van der Waals surface area contributed by atoms with Crippen LogP contribution in [0.4, 0.5) is 4.39 Å². The monoisotopic (exact) mass is 219 g/mol. The zero-order valence-electron chi connectivity index (χ0n) is 9.62. The molecule has 1 aromatic rings. The average molecular weight is 219 g/mol. The highest BCUT2D eigenvalue weighted by Gasteiger charge is 2.39. The minimum Gasteiger partial charge on any atom is -0.307 e. The van der Waals surface area contributed by atoms with Gasteiger partial charge in [-0.25, -0.2) is 4.39 Å². The summed E-state index contributed by atoms with van der Waals surface area (Å²) in [6.45, 7) is 2.28. The van der Waals surface area contributed by atoms with Gasteiger partial charge in [0.05, 0.1) is 0 Å². The second-order valence-electron chi connectivity index (χ2n) is 5.35. The van der Waals surface area contributed by atoms with Gasteiger partial charge in [0.15, 0.2) is 0 Å². The molecule has 0 aromatic heterocycles. The first kappa shape index (κ1) is 10.3. The summed E-state index contributed by atoms with van der Waals surface area (Å²) < 4.78 is 12.9. The Morgan fingerprint density at radius 2 is 1.88 bits per heavy atom. The predicted octanol–water partition coefficient (Wildman–Crippen LogP) is 3.27. The van der Waals surface area contributed by atoms with Crippen molar-refractivity contribution in [2.24, 2.45) is 11.8 Å². The Morgan fingerprint density at radius 3 is 2.38 bits per heavy atom. The lowest BCUT2D eigenvalue weighted by molar-refractivity contribution is 0.466. The molecule has 1 aromatic carbocycles. The zero-order valence-corrected chi connectivity index (χ0v) is 9.62. The lowest BCUT2D eigenvalue weighted by atomic mass is 10.0. The molecule has 1 nitrogen and oxygen atoms in total. The van der Waals surface area contributed by atoms with Crippen molar-refractivity contribution in [2.75, 3.05) is 0 Å². The summed E-state index contributed by atoms with van der Waals surface area (Å²) in [6, 6.07) is 8.15. The second kappa shape index (κ2) is 3.85. The summed E-state index contributed by atoms with van der Waals surface area (Å²) in [5.41, 5.74) is 1.25. The van der Waals surface area contributed by atoms with Crippen LogP contribution in [-0.4, -0.2) is 6.04 Å². The standard InChI is InChI=1S/C14H18FN/c1-9-8-13(9)16-14(10-2-3-10)11-4-6-12(15)7-5-11/h4-7,9-10,13-14,16H,2-3,8H2,1H3. The fraction of sp³-hybridized carbons (Fsp3) is 0.571. The molecule has 0 saturated heterocycles. The van der Waals surface area contributed by atoms with Gasteiger partial charge in [0.1, 0.15) is 5.82 Å². The van der Waals surface area contributed by atoms with Crippen molar-refractivity contribution in [1.82, 2.24) is 5.32 Å². The van der Waals surface area contributed by atoms with Crippen molar-refractivity contribution in [1.29, 1.82) is 0 Å². The van der Waals surface area contributed by atoms with E-state index in [2.05, 4.69) is 12.2 Å². The predicted molar refractivity (Wildman–Crippen MR) is 62.6 cm³/mol. The molecule has 3 atom stereocenters. The highest BCUT2D eigenvalue weighted by molar-refractivity contribution is 5.22. The molecule has 2 saturated carbocycles. The number of hydrogen-bond acceptors (Lipinski definition) is 1. The summed E-state index contributed by atoms with van der Waals surface area (Å²) >= 11 is 0. The van der Waals surface area contributed by atoms with Gasteiger partial charge in [-0.1, -0.05) is 19.1 Å². The quantitative estimate of drug-likeness (QED) is 0.819. The third-order valence-corrected chi connectivity index (χ3v) is 3.83. The van der Waals surface area contributed by atoms with Crippen LogP contribution >= 0.6 is 0 Å². The fourth-order valence-electron chi connectivity index (χ4n) is 2.39. The van der Waals surface area contributed by atoms with Crippen LogP contribution in [0.1, 0.15) is 37.8 Å². The maximum atomic E-state index is 12.9. The van der Waals surface area contributed by atoms with Gasteiger partial charge in [0.2, 0.25) is 0 Å². The van der Waals surface area contributed by atoms with Gasteiger partial charge < -0.3 is 5.32 Å². The van der Waals surface area contributed by atoms with Crippen LogP contribution in [0.15, 0.2) is 24.3 Å². The zero-order chi connectivity index (χ0) is 11.1. The smallest absolute Gasteiger partial charge is 0.123 e. The summed E-state index contributed by atoms with van der Waals surface area (Å²) in [5, 5.41) is 3.72. The number of benzene rings is 1. The van der Waals surface area contributed by atoms with Crippen molar-refractivity contribution < 1.29 is 4.39 Å². The molecule has 0 aliphatic heterocycles. The topological polar surface area (TPSA) is 12.0 Å². The Hall–Kier alpha value is -0.890. The van der Waals surface area contributed by atoms with E-state index in [1.54, 1.807) is 12.1 Å². The molecule has 2 fully saturated rings. The van der Waals surface area contributed by atoms with E-state index in [0.29, 0.717) is 12.1 Å². The molecular weight excluding hydrogens is 201 g/mol. The first-order valence-corrected chi connectivity index (χ1v) is 6.25. The van der Waals surface area contributed by atoms with Crippen LogP contribution in [0.2, 0.25) is 0 Å². The van der Waals surface area contributed by atoms with E-state index < -0.39 is 0 Å². The molecular formula is C14H18FN. The number of nitrogens with one attached hydrogen (secondary N) is 1.